The summed E-state index contributed by atoms with van der Waals surface area (Å²) in [4.78, 5) is 25.3. The monoisotopic (exact) mass is 368 g/mol. The van der Waals surface area contributed by atoms with Crippen LogP contribution < -0.4 is 20.3 Å². The molecule has 0 aliphatic heterocycles. The Kier molecular flexibility index (Phi) is 6.08. The van der Waals surface area contributed by atoms with Gasteiger partial charge in [-0.3, -0.25) is 9.59 Å². The van der Waals surface area contributed by atoms with Crippen molar-refractivity contribution in [2.45, 2.75) is 25.4 Å². The molecule has 0 bridgehead atoms. The molecule has 142 valence electrons. The quantitative estimate of drug-likeness (QED) is 0.657. The topological polar surface area (TPSA) is 71.9 Å². The third-order valence-corrected chi connectivity index (χ3v) is 4.79. The first kappa shape index (κ1) is 18.9. The van der Waals surface area contributed by atoms with E-state index in [0.717, 1.165) is 12.3 Å². The number of rotatable bonds is 8. The Morgan fingerprint density at radius 3 is 2.30 bits per heavy atom. The molecular weight excluding hydrogens is 342 g/mol. The molecule has 2 aromatic rings. The van der Waals surface area contributed by atoms with Gasteiger partial charge in [0.1, 0.15) is 12.3 Å². The van der Waals surface area contributed by atoms with Crippen molar-refractivity contribution in [3.63, 3.8) is 0 Å². The minimum atomic E-state index is -0.142. The fourth-order valence-electron chi connectivity index (χ4n) is 3.11. The maximum absolute atomic E-state index is 12.5. The Balaban J connectivity index is 1.57. The Bertz CT molecular complexity index is 783. The molecule has 1 aliphatic carbocycles. The first-order valence-corrected chi connectivity index (χ1v) is 9.18. The number of carbonyl (C=O) groups is 2. The van der Waals surface area contributed by atoms with E-state index in [4.69, 9.17) is 4.74 Å². The van der Waals surface area contributed by atoms with Crippen LogP contribution in [0.4, 0.5) is 5.69 Å². The number of hydrogen-bond donors (Lipinski definition) is 3. The second kappa shape index (κ2) is 8.68. The van der Waals surface area contributed by atoms with Gasteiger partial charge in [0.2, 0.25) is 0 Å². The number of methoxy groups -OCH3 is 1. The lowest BCUT2D eigenvalue weighted by Gasteiger charge is -2.19. The zero-order valence-corrected chi connectivity index (χ0v) is 15.7. The molecule has 0 spiro atoms. The number of nitrogens with one attached hydrogen (secondary N) is 3. The van der Waals surface area contributed by atoms with Crippen LogP contribution in [0.2, 0.25) is 0 Å². The molecule has 1 fully saturated rings. The van der Waals surface area contributed by atoms with E-state index in [1.807, 2.05) is 12.1 Å². The van der Waals surface area contributed by atoms with Gasteiger partial charge in [0.15, 0.2) is 6.54 Å². The molecule has 6 heteroatoms. The van der Waals surface area contributed by atoms with Gasteiger partial charge in [-0.2, -0.15) is 0 Å². The van der Waals surface area contributed by atoms with Gasteiger partial charge < -0.3 is 20.3 Å². The number of amides is 2. The number of benzene rings is 2. The van der Waals surface area contributed by atoms with Gasteiger partial charge in [-0.15, -0.1) is 0 Å². The summed E-state index contributed by atoms with van der Waals surface area (Å²) in [5.74, 6) is 0.680. The molecule has 2 aromatic carbocycles. The molecule has 0 radical (unpaired) electrons. The van der Waals surface area contributed by atoms with E-state index < -0.39 is 0 Å². The van der Waals surface area contributed by atoms with Crippen molar-refractivity contribution in [3.8, 4) is 5.75 Å². The van der Waals surface area contributed by atoms with E-state index in [1.165, 1.54) is 23.3 Å². The molecule has 6 nitrogen and oxygen atoms in total. The molecule has 0 aromatic heterocycles. The minimum Gasteiger partial charge on any atom is -0.497 e. The van der Waals surface area contributed by atoms with Crippen LogP contribution in [0, 0.1) is 0 Å². The van der Waals surface area contributed by atoms with Gasteiger partial charge in [-0.05, 0) is 48.5 Å². The van der Waals surface area contributed by atoms with Crippen LogP contribution in [0.5, 0.6) is 5.75 Å². The van der Waals surface area contributed by atoms with Gasteiger partial charge in [-0.1, -0.05) is 0 Å². The molecule has 3 N–H and O–H groups in total. The van der Waals surface area contributed by atoms with E-state index in [-0.39, 0.29) is 11.8 Å². The third kappa shape index (κ3) is 5.31. The fourth-order valence-corrected chi connectivity index (χ4v) is 3.11. The fraction of sp³-hybridized carbons (Fsp3) is 0.333. The van der Waals surface area contributed by atoms with Crippen molar-refractivity contribution >= 4 is 17.5 Å². The Morgan fingerprint density at radius 1 is 1.07 bits per heavy atom. The normalized spacial score (nSPS) is 14.3. The van der Waals surface area contributed by atoms with Crippen molar-refractivity contribution in [2.75, 3.05) is 26.0 Å². The van der Waals surface area contributed by atoms with Crippen molar-refractivity contribution < 1.29 is 19.2 Å². The molecule has 1 atom stereocenters. The van der Waals surface area contributed by atoms with Crippen LogP contribution in [0.1, 0.15) is 28.8 Å². The molecule has 1 aliphatic rings. The zero-order valence-electron chi connectivity index (χ0n) is 15.7. The Hall–Kier alpha value is -2.86. The summed E-state index contributed by atoms with van der Waals surface area (Å²) in [7, 11) is 3.25. The smallest absolute Gasteiger partial charge is 0.279 e. The SMILES string of the molecule is CNC(=O)c1ccc(NC(=O)C[NH+](Cc2ccc(OC)cc2)C2CC2)cc1. The highest BCUT2D eigenvalue weighted by Gasteiger charge is 2.34. The molecule has 3 rings (SSSR count). The lowest BCUT2D eigenvalue weighted by molar-refractivity contribution is -0.916. The maximum Gasteiger partial charge on any atom is 0.279 e. The molecule has 1 saturated carbocycles. The highest BCUT2D eigenvalue weighted by atomic mass is 16.5. The largest absolute Gasteiger partial charge is 0.497 e. The highest BCUT2D eigenvalue weighted by molar-refractivity contribution is 5.95. The molecule has 2 amide bonds. The molecular formula is C21H26N3O3+. The maximum atomic E-state index is 12.5. The second-order valence-electron chi connectivity index (χ2n) is 6.84. The molecule has 0 heterocycles. The van der Waals surface area contributed by atoms with E-state index in [9.17, 15) is 9.59 Å². The summed E-state index contributed by atoms with van der Waals surface area (Å²) in [5.41, 5.74) is 2.47. The number of ether oxygens (including phenoxy) is 1. The third-order valence-electron chi connectivity index (χ3n) is 4.79. The molecule has 27 heavy (non-hydrogen) atoms. The first-order chi connectivity index (χ1) is 13.1. The second-order valence-corrected chi connectivity index (χ2v) is 6.84. The average molecular weight is 368 g/mol. The van der Waals surface area contributed by atoms with Crippen LogP contribution in [0.3, 0.4) is 0 Å². The van der Waals surface area contributed by atoms with Gasteiger partial charge in [0, 0.05) is 36.7 Å². The van der Waals surface area contributed by atoms with E-state index >= 15 is 0 Å². The van der Waals surface area contributed by atoms with E-state index in [0.29, 0.717) is 23.8 Å². The van der Waals surface area contributed by atoms with Gasteiger partial charge in [0.05, 0.1) is 13.2 Å². The predicted octanol–water partition coefficient (Wildman–Crippen LogP) is 1.24. The summed E-state index contributed by atoms with van der Waals surface area (Å²) in [6.45, 7) is 1.24. The number of anilines is 1. The van der Waals surface area contributed by atoms with Crippen LogP contribution in [0.15, 0.2) is 48.5 Å². The summed E-state index contributed by atoms with van der Waals surface area (Å²) < 4.78 is 5.20. The Morgan fingerprint density at radius 2 is 1.74 bits per heavy atom. The number of quaternary nitrogens is 1. The molecule has 0 saturated heterocycles. The summed E-state index contributed by atoms with van der Waals surface area (Å²) >= 11 is 0. The average Bonchev–Trinajstić information content (AvgIpc) is 3.53. The van der Waals surface area contributed by atoms with Gasteiger partial charge in [0.25, 0.3) is 11.8 Å². The Labute approximate surface area is 159 Å². The van der Waals surface area contributed by atoms with Crippen molar-refractivity contribution in [1.29, 1.82) is 0 Å². The summed E-state index contributed by atoms with van der Waals surface area (Å²) in [6.07, 6.45) is 2.33. The number of hydrogen-bond acceptors (Lipinski definition) is 3. The highest BCUT2D eigenvalue weighted by Crippen LogP contribution is 2.17. The van der Waals surface area contributed by atoms with Gasteiger partial charge >= 0.3 is 0 Å². The summed E-state index contributed by atoms with van der Waals surface area (Å²) in [6, 6.07) is 15.5. The first-order valence-electron chi connectivity index (χ1n) is 9.18. The van der Waals surface area contributed by atoms with Gasteiger partial charge in [-0.25, -0.2) is 0 Å². The van der Waals surface area contributed by atoms with Crippen LogP contribution in [-0.2, 0) is 11.3 Å². The number of carbonyl (C=O) groups excluding carboxylic acids is 2. The van der Waals surface area contributed by atoms with Crippen molar-refractivity contribution in [2.24, 2.45) is 0 Å². The minimum absolute atomic E-state index is 0.0156. The molecule has 1 unspecified atom stereocenters. The van der Waals surface area contributed by atoms with E-state index in [1.54, 1.807) is 38.4 Å². The lowest BCUT2D eigenvalue weighted by atomic mass is 10.2. The zero-order chi connectivity index (χ0) is 19.2. The van der Waals surface area contributed by atoms with E-state index in [2.05, 4.69) is 22.8 Å². The van der Waals surface area contributed by atoms with Crippen molar-refractivity contribution in [3.05, 3.63) is 59.7 Å². The lowest BCUT2D eigenvalue weighted by Crippen LogP contribution is -3.13. The van der Waals surface area contributed by atoms with Crippen LogP contribution in [-0.4, -0.2) is 38.6 Å². The standard InChI is InChI=1S/C21H25N3O3/c1-22-21(26)16-5-7-17(8-6-16)23-20(25)14-24(18-9-10-18)13-15-3-11-19(27-2)12-4-15/h3-8,11-12,18H,9-10,13-14H2,1-2H3,(H,22,26)(H,23,25)/p+1. The van der Waals surface area contributed by atoms with Crippen molar-refractivity contribution in [1.82, 2.24) is 5.32 Å². The van der Waals surface area contributed by atoms with Crippen LogP contribution >= 0.6 is 0 Å². The summed E-state index contributed by atoms with van der Waals surface area (Å²) in [5, 5.41) is 5.51. The van der Waals surface area contributed by atoms with Crippen LogP contribution in [0.25, 0.3) is 0 Å². The predicted molar refractivity (Wildman–Crippen MR) is 104 cm³/mol.